The van der Waals surface area contributed by atoms with E-state index in [9.17, 15) is 9.59 Å². The summed E-state index contributed by atoms with van der Waals surface area (Å²) >= 11 is 0. The molecule has 0 radical (unpaired) electrons. The Balaban J connectivity index is 1.94. The molecular weight excluding hydrogens is 332 g/mol. The smallest absolute Gasteiger partial charge is 0.251 e. The van der Waals surface area contributed by atoms with Gasteiger partial charge in [0.15, 0.2) is 0 Å². The highest BCUT2D eigenvalue weighted by Crippen LogP contribution is 2.24. The van der Waals surface area contributed by atoms with Crippen molar-refractivity contribution in [2.75, 3.05) is 21.3 Å². The largest absolute Gasteiger partial charge is 0.497 e. The van der Waals surface area contributed by atoms with Crippen LogP contribution >= 0.6 is 0 Å². The van der Waals surface area contributed by atoms with Crippen molar-refractivity contribution in [3.8, 4) is 11.5 Å². The lowest BCUT2D eigenvalue weighted by molar-refractivity contribution is -0.116. The van der Waals surface area contributed by atoms with Crippen LogP contribution in [0.1, 0.15) is 21.5 Å². The minimum Gasteiger partial charge on any atom is -0.497 e. The van der Waals surface area contributed by atoms with Gasteiger partial charge < -0.3 is 20.1 Å². The Kier molecular flexibility index (Phi) is 6.79. The Morgan fingerprint density at radius 3 is 2.38 bits per heavy atom. The predicted molar refractivity (Wildman–Crippen MR) is 100 cm³/mol. The molecule has 0 spiro atoms. The molecule has 6 heteroatoms. The zero-order valence-electron chi connectivity index (χ0n) is 15.0. The highest BCUT2D eigenvalue weighted by Gasteiger charge is 2.06. The monoisotopic (exact) mass is 354 g/mol. The molecule has 2 aromatic rings. The molecule has 6 nitrogen and oxygen atoms in total. The summed E-state index contributed by atoms with van der Waals surface area (Å²) in [7, 11) is 4.74. The highest BCUT2D eigenvalue weighted by molar-refractivity contribution is 5.94. The lowest BCUT2D eigenvalue weighted by Crippen LogP contribution is -2.20. The maximum absolute atomic E-state index is 12.0. The first-order chi connectivity index (χ1) is 12.6. The van der Waals surface area contributed by atoms with Gasteiger partial charge in [0, 0.05) is 36.9 Å². The molecule has 0 aromatic heterocycles. The lowest BCUT2D eigenvalue weighted by Gasteiger charge is -2.10. The molecule has 2 amide bonds. The minimum atomic E-state index is -0.224. The maximum Gasteiger partial charge on any atom is 0.251 e. The van der Waals surface area contributed by atoms with Crippen molar-refractivity contribution < 1.29 is 19.1 Å². The number of amides is 2. The first-order valence-electron chi connectivity index (χ1n) is 8.06. The summed E-state index contributed by atoms with van der Waals surface area (Å²) in [6.07, 6.45) is 3.14. The number of rotatable bonds is 7. The van der Waals surface area contributed by atoms with E-state index in [0.717, 1.165) is 11.1 Å². The fraction of sp³-hybridized carbons (Fsp3) is 0.200. The standard InChI is InChI=1S/C20H22N2O4/c1-21-20(24)15-7-4-14(5-8-15)6-11-19(23)22-13-16-9-10-17(25-2)12-18(16)26-3/h4-12H,13H2,1-3H3,(H,21,24)(H,22,23)/b11-6+. The fourth-order valence-corrected chi connectivity index (χ4v) is 2.30. The zero-order valence-corrected chi connectivity index (χ0v) is 15.0. The second kappa shape index (κ2) is 9.27. The van der Waals surface area contributed by atoms with Gasteiger partial charge in [0.1, 0.15) is 11.5 Å². The Morgan fingerprint density at radius 2 is 1.77 bits per heavy atom. The van der Waals surface area contributed by atoms with E-state index in [1.165, 1.54) is 6.08 Å². The number of methoxy groups -OCH3 is 2. The van der Waals surface area contributed by atoms with Gasteiger partial charge in [0.2, 0.25) is 5.91 Å². The first-order valence-corrected chi connectivity index (χ1v) is 8.06. The molecule has 136 valence electrons. The summed E-state index contributed by atoms with van der Waals surface area (Å²) < 4.78 is 10.5. The molecule has 0 saturated heterocycles. The Bertz CT molecular complexity index is 798. The van der Waals surface area contributed by atoms with E-state index in [1.807, 2.05) is 12.1 Å². The van der Waals surface area contributed by atoms with E-state index in [4.69, 9.17) is 9.47 Å². The number of nitrogens with one attached hydrogen (secondary N) is 2. The highest BCUT2D eigenvalue weighted by atomic mass is 16.5. The average Bonchev–Trinajstić information content (AvgIpc) is 2.70. The third kappa shape index (κ3) is 5.11. The number of ether oxygens (including phenoxy) is 2. The van der Waals surface area contributed by atoms with E-state index in [1.54, 1.807) is 57.7 Å². The Labute approximate surface area is 152 Å². The van der Waals surface area contributed by atoms with E-state index in [2.05, 4.69) is 10.6 Å². The first kappa shape index (κ1) is 19.1. The van der Waals surface area contributed by atoms with Gasteiger partial charge in [-0.2, -0.15) is 0 Å². The zero-order chi connectivity index (χ0) is 18.9. The van der Waals surface area contributed by atoms with Crippen LogP contribution in [0.5, 0.6) is 11.5 Å². The van der Waals surface area contributed by atoms with Crippen molar-refractivity contribution in [1.82, 2.24) is 10.6 Å². The molecule has 0 aliphatic carbocycles. The molecule has 2 N–H and O–H groups in total. The van der Waals surface area contributed by atoms with Crippen molar-refractivity contribution in [3.05, 3.63) is 65.2 Å². The second-order valence-electron chi connectivity index (χ2n) is 5.43. The van der Waals surface area contributed by atoms with Crippen LogP contribution < -0.4 is 20.1 Å². The van der Waals surface area contributed by atoms with Gasteiger partial charge in [-0.1, -0.05) is 12.1 Å². The number of carbonyl (C=O) groups is 2. The molecule has 0 bridgehead atoms. The maximum atomic E-state index is 12.0. The van der Waals surface area contributed by atoms with Crippen molar-refractivity contribution in [2.45, 2.75) is 6.54 Å². The van der Waals surface area contributed by atoms with Crippen LogP contribution in [-0.4, -0.2) is 33.1 Å². The molecule has 0 saturated carbocycles. The quantitative estimate of drug-likeness (QED) is 0.749. The molecule has 0 aliphatic rings. The van der Waals surface area contributed by atoms with Gasteiger partial charge in [-0.3, -0.25) is 9.59 Å². The number of benzene rings is 2. The van der Waals surface area contributed by atoms with Crippen molar-refractivity contribution in [1.29, 1.82) is 0 Å². The molecule has 26 heavy (non-hydrogen) atoms. The SMILES string of the molecule is CNC(=O)c1ccc(/C=C/C(=O)NCc2ccc(OC)cc2OC)cc1. The molecule has 2 aromatic carbocycles. The van der Waals surface area contributed by atoms with Gasteiger partial charge in [0.25, 0.3) is 5.91 Å². The van der Waals surface area contributed by atoms with Crippen LogP contribution in [0.4, 0.5) is 0 Å². The van der Waals surface area contributed by atoms with Crippen LogP contribution in [0.25, 0.3) is 6.08 Å². The summed E-state index contributed by atoms with van der Waals surface area (Å²) in [4.78, 5) is 23.5. The topological polar surface area (TPSA) is 76.7 Å². The van der Waals surface area contributed by atoms with Gasteiger partial charge in [-0.25, -0.2) is 0 Å². The number of hydrogen-bond donors (Lipinski definition) is 2. The van der Waals surface area contributed by atoms with Gasteiger partial charge >= 0.3 is 0 Å². The van der Waals surface area contributed by atoms with Crippen LogP contribution in [0.3, 0.4) is 0 Å². The van der Waals surface area contributed by atoms with Crippen LogP contribution in [0.15, 0.2) is 48.5 Å². The van der Waals surface area contributed by atoms with E-state index < -0.39 is 0 Å². The molecular formula is C20H22N2O4. The summed E-state index contributed by atoms with van der Waals surface area (Å²) in [6.45, 7) is 0.339. The van der Waals surface area contributed by atoms with Crippen molar-refractivity contribution in [3.63, 3.8) is 0 Å². The van der Waals surface area contributed by atoms with E-state index >= 15 is 0 Å². The third-order valence-corrected chi connectivity index (χ3v) is 3.77. The summed E-state index contributed by atoms with van der Waals surface area (Å²) in [5, 5.41) is 5.37. The minimum absolute atomic E-state index is 0.147. The van der Waals surface area contributed by atoms with Crippen LogP contribution in [0, 0.1) is 0 Å². The van der Waals surface area contributed by atoms with E-state index in [-0.39, 0.29) is 11.8 Å². The number of hydrogen-bond acceptors (Lipinski definition) is 4. The van der Waals surface area contributed by atoms with Crippen molar-refractivity contribution in [2.24, 2.45) is 0 Å². The van der Waals surface area contributed by atoms with Crippen molar-refractivity contribution >= 4 is 17.9 Å². The molecule has 0 heterocycles. The summed E-state index contributed by atoms with van der Waals surface area (Å²) in [6, 6.07) is 12.4. The van der Waals surface area contributed by atoms with E-state index in [0.29, 0.717) is 23.6 Å². The second-order valence-corrected chi connectivity index (χ2v) is 5.43. The Hall–Kier alpha value is -3.28. The molecule has 0 atom stereocenters. The molecule has 0 fully saturated rings. The average molecular weight is 354 g/mol. The fourth-order valence-electron chi connectivity index (χ4n) is 2.30. The normalized spacial score (nSPS) is 10.4. The van der Waals surface area contributed by atoms with Crippen LogP contribution in [-0.2, 0) is 11.3 Å². The van der Waals surface area contributed by atoms with Gasteiger partial charge in [0.05, 0.1) is 14.2 Å². The number of carbonyl (C=O) groups excluding carboxylic acids is 2. The third-order valence-electron chi connectivity index (χ3n) is 3.77. The van der Waals surface area contributed by atoms with Gasteiger partial charge in [-0.05, 0) is 35.9 Å². The summed E-state index contributed by atoms with van der Waals surface area (Å²) in [5.74, 6) is 0.973. The summed E-state index contributed by atoms with van der Waals surface area (Å²) in [5.41, 5.74) is 2.25. The lowest BCUT2D eigenvalue weighted by atomic mass is 10.1. The molecule has 2 rings (SSSR count). The molecule has 0 unspecified atom stereocenters. The Morgan fingerprint density at radius 1 is 1.04 bits per heavy atom. The van der Waals surface area contributed by atoms with Crippen LogP contribution in [0.2, 0.25) is 0 Å². The molecule has 0 aliphatic heterocycles. The van der Waals surface area contributed by atoms with Gasteiger partial charge in [-0.15, -0.1) is 0 Å². The predicted octanol–water partition coefficient (Wildman–Crippen LogP) is 2.39.